The van der Waals surface area contributed by atoms with E-state index in [-0.39, 0.29) is 25.1 Å². The Morgan fingerprint density at radius 2 is 1.90 bits per heavy atom. The van der Waals surface area contributed by atoms with Crippen molar-refractivity contribution in [3.63, 3.8) is 0 Å². The summed E-state index contributed by atoms with van der Waals surface area (Å²) in [6.45, 7) is 1.29. The summed E-state index contributed by atoms with van der Waals surface area (Å²) in [5.41, 5.74) is 7.89. The smallest absolute Gasteiger partial charge is 0.302 e. The third kappa shape index (κ3) is 4.21. The van der Waals surface area contributed by atoms with E-state index in [9.17, 15) is 9.59 Å². The van der Waals surface area contributed by atoms with Gasteiger partial charge in [0.05, 0.1) is 0 Å². The van der Waals surface area contributed by atoms with Gasteiger partial charge in [0, 0.05) is 13.0 Å². The third-order valence-electron chi connectivity index (χ3n) is 3.28. The largest absolute Gasteiger partial charge is 0.464 e. The molecule has 0 spiro atoms. The van der Waals surface area contributed by atoms with Gasteiger partial charge in [0.15, 0.2) is 0 Å². The Morgan fingerprint density at radius 3 is 2.35 bits per heavy atom. The molecule has 0 radical (unpaired) electrons. The molecule has 2 rings (SSSR count). The van der Waals surface area contributed by atoms with Gasteiger partial charge in [-0.25, -0.2) is 0 Å². The van der Waals surface area contributed by atoms with Crippen molar-refractivity contribution in [1.82, 2.24) is 5.32 Å². The zero-order chi connectivity index (χ0) is 13.8. The van der Waals surface area contributed by atoms with E-state index in [0.717, 1.165) is 12.8 Å². The number of fused-ring (bicyclic) bond motifs is 1. The number of hydrogen-bond acceptors (Lipinski definition) is 4. The minimum Gasteiger partial charge on any atom is -0.464 e. The molecular formula is C14H19ClN2O3. The molecule has 5 nitrogen and oxygen atoms in total. The molecule has 0 fully saturated rings. The van der Waals surface area contributed by atoms with E-state index < -0.39 is 17.9 Å². The van der Waals surface area contributed by atoms with Gasteiger partial charge in [-0.05, 0) is 24.0 Å². The Balaban J connectivity index is 0.00000200. The first-order valence-electron chi connectivity index (χ1n) is 6.31. The van der Waals surface area contributed by atoms with Gasteiger partial charge in [-0.1, -0.05) is 24.3 Å². The zero-order valence-electron chi connectivity index (χ0n) is 11.3. The van der Waals surface area contributed by atoms with Gasteiger partial charge >= 0.3 is 5.97 Å². The zero-order valence-corrected chi connectivity index (χ0v) is 12.1. The van der Waals surface area contributed by atoms with E-state index in [1.165, 1.54) is 18.1 Å². The second-order valence-electron chi connectivity index (χ2n) is 4.80. The highest BCUT2D eigenvalue weighted by Gasteiger charge is 2.26. The van der Waals surface area contributed by atoms with Gasteiger partial charge < -0.3 is 10.5 Å². The van der Waals surface area contributed by atoms with Gasteiger partial charge in [-0.3, -0.25) is 14.9 Å². The average molecular weight is 299 g/mol. The lowest BCUT2D eigenvalue weighted by atomic mass is 10.1. The molecule has 110 valence electrons. The maximum atomic E-state index is 11.3. The van der Waals surface area contributed by atoms with Crippen molar-refractivity contribution in [3.05, 3.63) is 35.4 Å². The fourth-order valence-electron chi connectivity index (χ4n) is 2.37. The van der Waals surface area contributed by atoms with Crippen LogP contribution in [0.1, 0.15) is 18.1 Å². The highest BCUT2D eigenvalue weighted by molar-refractivity contribution is 5.85. The van der Waals surface area contributed by atoms with Crippen LogP contribution >= 0.6 is 12.4 Å². The normalized spacial score (nSPS) is 15.1. The molecule has 3 N–H and O–H groups in total. The standard InChI is InChI=1S/C14H18N2O3.ClH/c1-9(17)19-8-13(14(15)18)16-12-6-10-4-2-3-5-11(10)7-12;/h2-5,12-13,16H,6-8H2,1H3,(H2,15,18);1H/t13-;/m0./s1. The van der Waals surface area contributed by atoms with Crippen molar-refractivity contribution in [2.24, 2.45) is 5.73 Å². The molecule has 0 bridgehead atoms. The first-order chi connectivity index (χ1) is 9.06. The number of carbonyl (C=O) groups is 2. The van der Waals surface area contributed by atoms with Crippen LogP contribution in [0.3, 0.4) is 0 Å². The van der Waals surface area contributed by atoms with E-state index in [1.54, 1.807) is 0 Å². The van der Waals surface area contributed by atoms with Crippen LogP contribution in [0.5, 0.6) is 0 Å². The fourth-order valence-corrected chi connectivity index (χ4v) is 2.37. The minimum atomic E-state index is -0.636. The van der Waals surface area contributed by atoms with E-state index in [1.807, 2.05) is 12.1 Å². The van der Waals surface area contributed by atoms with Crippen molar-refractivity contribution in [2.45, 2.75) is 31.8 Å². The maximum absolute atomic E-state index is 11.3. The molecule has 1 aliphatic carbocycles. The summed E-state index contributed by atoms with van der Waals surface area (Å²) in [6, 6.07) is 7.70. The van der Waals surface area contributed by atoms with Gasteiger partial charge in [0.2, 0.25) is 5.91 Å². The highest BCUT2D eigenvalue weighted by atomic mass is 35.5. The number of benzene rings is 1. The number of esters is 1. The fraction of sp³-hybridized carbons (Fsp3) is 0.429. The van der Waals surface area contributed by atoms with Crippen LogP contribution < -0.4 is 11.1 Å². The molecule has 0 aliphatic heterocycles. The molecular weight excluding hydrogens is 280 g/mol. The number of halogens is 1. The Morgan fingerprint density at radius 1 is 1.35 bits per heavy atom. The predicted octanol–water partition coefficient (Wildman–Crippen LogP) is 0.582. The SMILES string of the molecule is CC(=O)OC[C@H](NC1Cc2ccccc2C1)C(N)=O.Cl. The quantitative estimate of drug-likeness (QED) is 0.779. The summed E-state index contributed by atoms with van der Waals surface area (Å²) >= 11 is 0. The summed E-state index contributed by atoms with van der Waals surface area (Å²) in [6.07, 6.45) is 1.72. The first kappa shape index (κ1) is 16.5. The van der Waals surface area contributed by atoms with Gasteiger partial charge in [0.25, 0.3) is 0 Å². The van der Waals surface area contributed by atoms with Crippen LogP contribution in [-0.2, 0) is 27.2 Å². The van der Waals surface area contributed by atoms with Crippen LogP contribution in [0.2, 0.25) is 0 Å². The third-order valence-corrected chi connectivity index (χ3v) is 3.28. The van der Waals surface area contributed by atoms with Gasteiger partial charge in [0.1, 0.15) is 12.6 Å². The number of ether oxygens (including phenoxy) is 1. The number of rotatable bonds is 5. The second-order valence-corrected chi connectivity index (χ2v) is 4.80. The van der Waals surface area contributed by atoms with Gasteiger partial charge in [-0.15, -0.1) is 12.4 Å². The predicted molar refractivity (Wildman–Crippen MR) is 77.6 cm³/mol. The number of amides is 1. The van der Waals surface area contributed by atoms with Crippen molar-refractivity contribution >= 4 is 24.3 Å². The number of nitrogens with two attached hydrogens (primary N) is 1. The molecule has 0 saturated heterocycles. The van der Waals surface area contributed by atoms with E-state index in [0.29, 0.717) is 0 Å². The molecule has 20 heavy (non-hydrogen) atoms. The van der Waals surface area contributed by atoms with Crippen LogP contribution in [0.25, 0.3) is 0 Å². The molecule has 1 aromatic carbocycles. The molecule has 0 saturated carbocycles. The van der Waals surface area contributed by atoms with Crippen LogP contribution in [0, 0.1) is 0 Å². The highest BCUT2D eigenvalue weighted by Crippen LogP contribution is 2.21. The Labute approximate surface area is 124 Å². The molecule has 0 unspecified atom stereocenters. The monoisotopic (exact) mass is 298 g/mol. The molecule has 0 aromatic heterocycles. The number of nitrogens with one attached hydrogen (secondary N) is 1. The van der Waals surface area contributed by atoms with E-state index in [4.69, 9.17) is 10.5 Å². The summed E-state index contributed by atoms with van der Waals surface area (Å²) < 4.78 is 4.85. The van der Waals surface area contributed by atoms with Crippen molar-refractivity contribution in [1.29, 1.82) is 0 Å². The Kier molecular flexibility index (Phi) is 5.98. The molecule has 1 amide bonds. The maximum Gasteiger partial charge on any atom is 0.302 e. The van der Waals surface area contributed by atoms with E-state index >= 15 is 0 Å². The summed E-state index contributed by atoms with van der Waals surface area (Å²) in [4.78, 5) is 22.1. The Bertz CT molecular complexity index is 468. The first-order valence-corrected chi connectivity index (χ1v) is 6.31. The molecule has 6 heteroatoms. The average Bonchev–Trinajstić information content (AvgIpc) is 2.76. The van der Waals surface area contributed by atoms with Crippen molar-refractivity contribution in [2.75, 3.05) is 6.61 Å². The number of hydrogen-bond donors (Lipinski definition) is 2. The topological polar surface area (TPSA) is 81.4 Å². The molecule has 1 aliphatic rings. The van der Waals surface area contributed by atoms with Crippen LogP contribution in [0.15, 0.2) is 24.3 Å². The van der Waals surface area contributed by atoms with Crippen LogP contribution in [0.4, 0.5) is 0 Å². The Hall–Kier alpha value is -1.59. The lowest BCUT2D eigenvalue weighted by Crippen LogP contribution is -2.49. The summed E-state index contributed by atoms with van der Waals surface area (Å²) in [5, 5.41) is 3.17. The van der Waals surface area contributed by atoms with E-state index in [2.05, 4.69) is 17.4 Å². The summed E-state index contributed by atoms with van der Waals surface area (Å²) in [7, 11) is 0. The summed E-state index contributed by atoms with van der Waals surface area (Å²) in [5.74, 6) is -0.917. The van der Waals surface area contributed by atoms with Crippen molar-refractivity contribution in [3.8, 4) is 0 Å². The second kappa shape index (κ2) is 7.26. The minimum absolute atomic E-state index is 0. The lowest BCUT2D eigenvalue weighted by molar-refractivity contribution is -0.142. The van der Waals surface area contributed by atoms with Crippen molar-refractivity contribution < 1.29 is 14.3 Å². The number of primary amides is 1. The molecule has 1 atom stereocenters. The van der Waals surface area contributed by atoms with Crippen LogP contribution in [-0.4, -0.2) is 30.6 Å². The lowest BCUT2D eigenvalue weighted by Gasteiger charge is -2.19. The molecule has 0 heterocycles. The van der Waals surface area contributed by atoms with Gasteiger partial charge in [-0.2, -0.15) is 0 Å². The molecule has 1 aromatic rings. The number of carbonyl (C=O) groups excluding carboxylic acids is 2.